The standard InChI is InChI=1S/C15H32Si3/c1-16(2,3)13-10-11-14(17(4,5)6)15(12-13)18(7,8)9/h11-12,15H,10H2,1-9H3. The van der Waals surface area contributed by atoms with Gasteiger partial charge in [0, 0.05) is 0 Å². The van der Waals surface area contributed by atoms with Gasteiger partial charge in [-0.25, -0.2) is 0 Å². The lowest BCUT2D eigenvalue weighted by Gasteiger charge is -2.40. The van der Waals surface area contributed by atoms with Crippen LogP contribution < -0.4 is 0 Å². The third-order valence-corrected chi connectivity index (χ3v) is 11.2. The summed E-state index contributed by atoms with van der Waals surface area (Å²) >= 11 is 0. The fourth-order valence-corrected chi connectivity index (χ4v) is 10.4. The first-order valence-corrected chi connectivity index (χ1v) is 17.8. The van der Waals surface area contributed by atoms with Crippen LogP contribution in [0.3, 0.4) is 0 Å². The highest BCUT2D eigenvalue weighted by molar-refractivity contribution is 6.89. The first-order valence-electron chi connectivity index (χ1n) is 7.25. The molecule has 1 aliphatic rings. The highest BCUT2D eigenvalue weighted by Gasteiger charge is 2.37. The molecule has 0 aromatic carbocycles. The predicted octanol–water partition coefficient (Wildman–Crippen LogP) is 5.71. The van der Waals surface area contributed by atoms with Gasteiger partial charge in [0.05, 0.1) is 24.2 Å². The molecule has 1 unspecified atom stereocenters. The van der Waals surface area contributed by atoms with Gasteiger partial charge in [-0.2, -0.15) is 0 Å². The van der Waals surface area contributed by atoms with E-state index in [0.29, 0.717) is 0 Å². The van der Waals surface area contributed by atoms with Gasteiger partial charge >= 0.3 is 0 Å². The van der Waals surface area contributed by atoms with Gasteiger partial charge in [0.2, 0.25) is 0 Å². The third-order valence-electron chi connectivity index (χ3n) is 4.01. The Balaban J connectivity index is 3.20. The van der Waals surface area contributed by atoms with Crippen LogP contribution in [0.15, 0.2) is 22.5 Å². The van der Waals surface area contributed by atoms with Gasteiger partial charge < -0.3 is 0 Å². The Labute approximate surface area is 118 Å². The molecule has 1 aliphatic carbocycles. The van der Waals surface area contributed by atoms with Crippen LogP contribution in [0.25, 0.3) is 0 Å². The first-order chi connectivity index (χ1) is 7.83. The molecule has 0 saturated carbocycles. The molecule has 3 heteroatoms. The van der Waals surface area contributed by atoms with E-state index in [2.05, 4.69) is 71.1 Å². The maximum absolute atomic E-state index is 2.71. The van der Waals surface area contributed by atoms with E-state index < -0.39 is 24.2 Å². The number of rotatable bonds is 3. The van der Waals surface area contributed by atoms with E-state index in [0.717, 1.165) is 5.54 Å². The van der Waals surface area contributed by atoms with Crippen LogP contribution in [-0.4, -0.2) is 24.2 Å². The van der Waals surface area contributed by atoms with Crippen molar-refractivity contribution < 1.29 is 0 Å². The highest BCUT2D eigenvalue weighted by Crippen LogP contribution is 2.42. The van der Waals surface area contributed by atoms with E-state index in [4.69, 9.17) is 0 Å². The van der Waals surface area contributed by atoms with E-state index in [9.17, 15) is 0 Å². The third kappa shape index (κ3) is 3.81. The van der Waals surface area contributed by atoms with E-state index >= 15 is 0 Å². The molecule has 0 radical (unpaired) electrons. The van der Waals surface area contributed by atoms with Crippen LogP contribution in [0.1, 0.15) is 6.42 Å². The van der Waals surface area contributed by atoms with Crippen molar-refractivity contribution in [2.45, 2.75) is 70.9 Å². The molecule has 0 aliphatic heterocycles. The highest BCUT2D eigenvalue weighted by atomic mass is 28.3. The number of hydrogen-bond donors (Lipinski definition) is 0. The Hall–Kier alpha value is 0.131. The van der Waals surface area contributed by atoms with Crippen molar-refractivity contribution in [2.75, 3.05) is 0 Å². The Morgan fingerprint density at radius 3 is 1.67 bits per heavy atom. The normalized spacial score (nSPS) is 22.6. The minimum atomic E-state index is -1.15. The Morgan fingerprint density at radius 1 is 0.833 bits per heavy atom. The predicted molar refractivity (Wildman–Crippen MR) is 94.6 cm³/mol. The van der Waals surface area contributed by atoms with E-state index in [1.165, 1.54) is 6.42 Å². The zero-order valence-corrected chi connectivity index (χ0v) is 16.9. The molecule has 1 atom stereocenters. The summed E-state index contributed by atoms with van der Waals surface area (Å²) in [5.74, 6) is 0. The first kappa shape index (κ1) is 16.2. The average Bonchev–Trinajstić information content (AvgIpc) is 2.12. The van der Waals surface area contributed by atoms with Crippen molar-refractivity contribution in [1.82, 2.24) is 0 Å². The van der Waals surface area contributed by atoms with Gasteiger partial charge in [0.25, 0.3) is 0 Å². The fraction of sp³-hybridized carbons (Fsp3) is 0.733. The topological polar surface area (TPSA) is 0 Å². The van der Waals surface area contributed by atoms with E-state index in [-0.39, 0.29) is 0 Å². The summed E-state index contributed by atoms with van der Waals surface area (Å²) in [6.07, 6.45) is 6.59. The van der Waals surface area contributed by atoms with Crippen LogP contribution in [0.4, 0.5) is 0 Å². The Kier molecular flexibility index (Phi) is 4.41. The van der Waals surface area contributed by atoms with Crippen molar-refractivity contribution >= 4 is 24.2 Å². The van der Waals surface area contributed by atoms with Crippen molar-refractivity contribution in [2.24, 2.45) is 0 Å². The molecule has 1 rings (SSSR count). The summed E-state index contributed by atoms with van der Waals surface area (Å²) in [5, 5.41) is 3.63. The molecule has 0 N–H and O–H groups in total. The lowest BCUT2D eigenvalue weighted by molar-refractivity contribution is 1.09. The molecule has 0 heterocycles. The van der Waals surface area contributed by atoms with Gasteiger partial charge in [0.1, 0.15) is 0 Å². The maximum Gasteiger partial charge on any atom is 0.0724 e. The van der Waals surface area contributed by atoms with Crippen molar-refractivity contribution in [1.29, 1.82) is 0 Å². The van der Waals surface area contributed by atoms with Crippen molar-refractivity contribution in [3.8, 4) is 0 Å². The zero-order chi connectivity index (χ0) is 14.4. The van der Waals surface area contributed by atoms with Crippen LogP contribution in [-0.2, 0) is 0 Å². The van der Waals surface area contributed by atoms with Gasteiger partial charge in [-0.1, -0.05) is 81.5 Å². The molecule has 0 aromatic rings. The molecule has 0 nitrogen and oxygen atoms in total. The lowest BCUT2D eigenvalue weighted by atomic mass is 10.2. The average molecular weight is 297 g/mol. The van der Waals surface area contributed by atoms with Gasteiger partial charge in [-0.15, -0.1) is 0 Å². The maximum atomic E-state index is 2.71. The molecule has 0 spiro atoms. The minimum absolute atomic E-state index is 0.805. The summed E-state index contributed by atoms with van der Waals surface area (Å²) in [7, 11) is -3.40. The summed E-state index contributed by atoms with van der Waals surface area (Å²) in [6.45, 7) is 22.6. The van der Waals surface area contributed by atoms with Crippen LogP contribution in [0, 0.1) is 0 Å². The smallest absolute Gasteiger partial charge is 0.0724 e. The summed E-state index contributed by atoms with van der Waals surface area (Å²) in [6, 6.07) is 0. The SMILES string of the molecule is C[Si](C)(C)C1=CC([Si](C)(C)C)C([Si](C)(C)C)=CC1. The molecule has 0 bridgehead atoms. The Morgan fingerprint density at radius 2 is 1.33 bits per heavy atom. The molecule has 18 heavy (non-hydrogen) atoms. The second-order valence-corrected chi connectivity index (χ2v) is 24.5. The lowest BCUT2D eigenvalue weighted by Crippen LogP contribution is -2.40. The summed E-state index contributed by atoms with van der Waals surface area (Å²) in [4.78, 5) is 0. The zero-order valence-electron chi connectivity index (χ0n) is 13.9. The van der Waals surface area contributed by atoms with Crippen LogP contribution >= 0.6 is 0 Å². The Bertz CT molecular complexity index is 370. The minimum Gasteiger partial charge on any atom is -0.0852 e. The molecular formula is C15H32Si3. The number of allylic oxidation sites excluding steroid dienone is 4. The largest absolute Gasteiger partial charge is 0.0852 e. The van der Waals surface area contributed by atoms with Crippen molar-refractivity contribution in [3.63, 3.8) is 0 Å². The van der Waals surface area contributed by atoms with E-state index in [1.807, 2.05) is 5.20 Å². The molecule has 0 saturated heterocycles. The molecule has 104 valence electrons. The fourth-order valence-electron chi connectivity index (χ4n) is 2.75. The number of hydrogen-bond acceptors (Lipinski definition) is 0. The van der Waals surface area contributed by atoms with Crippen LogP contribution in [0.5, 0.6) is 0 Å². The quantitative estimate of drug-likeness (QED) is 0.585. The molecule has 0 aromatic heterocycles. The summed E-state index contributed by atoms with van der Waals surface area (Å²) < 4.78 is 0. The second kappa shape index (κ2) is 4.91. The van der Waals surface area contributed by atoms with Gasteiger partial charge in [-0.3, -0.25) is 0 Å². The molecule has 0 amide bonds. The monoisotopic (exact) mass is 296 g/mol. The second-order valence-electron chi connectivity index (χ2n) is 8.90. The summed E-state index contributed by atoms with van der Waals surface area (Å²) in [5.41, 5.74) is 0.805. The van der Waals surface area contributed by atoms with Gasteiger partial charge in [0.15, 0.2) is 0 Å². The molecular weight excluding hydrogens is 264 g/mol. The van der Waals surface area contributed by atoms with Crippen molar-refractivity contribution in [3.05, 3.63) is 22.5 Å². The van der Waals surface area contributed by atoms with E-state index in [1.54, 1.807) is 5.20 Å². The van der Waals surface area contributed by atoms with Gasteiger partial charge in [-0.05, 0) is 12.0 Å². The molecule has 0 fully saturated rings. The van der Waals surface area contributed by atoms with Crippen LogP contribution in [0.2, 0.25) is 64.5 Å².